The van der Waals surface area contributed by atoms with Crippen LogP contribution in [0.1, 0.15) is 10.4 Å². The second-order valence-corrected chi connectivity index (χ2v) is 7.36. The Kier molecular flexibility index (Phi) is 6.96. The van der Waals surface area contributed by atoms with Crippen molar-refractivity contribution in [1.29, 1.82) is 0 Å². The van der Waals surface area contributed by atoms with Gasteiger partial charge in [0.1, 0.15) is 17.2 Å². The number of hydrogen-bond acceptors (Lipinski definition) is 7. The van der Waals surface area contributed by atoms with Gasteiger partial charge < -0.3 is 24.8 Å². The molecule has 178 valence electrons. The standard InChI is InChI=1S/C26H24N4O5/c1-27-25(31)17-7-9-18(10-8-17)29-24-23(35-22-6-4-5-21(15-22)34-3)16-28-30(26(24)32)19-11-13-20(33-2)14-12-19/h4-16,29H,1-3H3,(H,27,31). The first-order valence-corrected chi connectivity index (χ1v) is 10.7. The van der Waals surface area contributed by atoms with Gasteiger partial charge in [-0.05, 0) is 60.7 Å². The molecule has 0 spiro atoms. The van der Waals surface area contributed by atoms with E-state index in [4.69, 9.17) is 14.2 Å². The van der Waals surface area contributed by atoms with Crippen molar-refractivity contribution < 1.29 is 19.0 Å². The van der Waals surface area contributed by atoms with E-state index in [-0.39, 0.29) is 17.3 Å². The van der Waals surface area contributed by atoms with Gasteiger partial charge in [-0.15, -0.1) is 0 Å². The third-order valence-corrected chi connectivity index (χ3v) is 5.17. The van der Waals surface area contributed by atoms with Gasteiger partial charge in [-0.2, -0.15) is 9.78 Å². The first kappa shape index (κ1) is 23.4. The van der Waals surface area contributed by atoms with E-state index < -0.39 is 5.56 Å². The summed E-state index contributed by atoms with van der Waals surface area (Å²) in [6.07, 6.45) is 1.46. The first-order valence-electron chi connectivity index (χ1n) is 10.7. The minimum Gasteiger partial charge on any atom is -0.497 e. The molecule has 0 unspecified atom stereocenters. The van der Waals surface area contributed by atoms with E-state index in [1.807, 2.05) is 0 Å². The molecular formula is C26H24N4O5. The topological polar surface area (TPSA) is 104 Å². The van der Waals surface area contributed by atoms with E-state index in [9.17, 15) is 9.59 Å². The number of rotatable bonds is 8. The molecule has 4 aromatic rings. The lowest BCUT2D eigenvalue weighted by Gasteiger charge is -2.15. The largest absolute Gasteiger partial charge is 0.497 e. The quantitative estimate of drug-likeness (QED) is 0.397. The molecular weight excluding hydrogens is 448 g/mol. The van der Waals surface area contributed by atoms with Crippen LogP contribution < -0.4 is 30.4 Å². The minimum atomic E-state index is -0.425. The molecule has 35 heavy (non-hydrogen) atoms. The molecule has 3 aromatic carbocycles. The van der Waals surface area contributed by atoms with Crippen molar-refractivity contribution in [3.63, 3.8) is 0 Å². The predicted octanol–water partition coefficient (Wildman–Crippen LogP) is 4.15. The molecule has 4 rings (SSSR count). The number of nitrogens with one attached hydrogen (secondary N) is 2. The van der Waals surface area contributed by atoms with Crippen LogP contribution in [0.2, 0.25) is 0 Å². The fraction of sp³-hybridized carbons (Fsp3) is 0.115. The van der Waals surface area contributed by atoms with E-state index in [1.165, 1.54) is 10.9 Å². The number of hydrogen-bond donors (Lipinski definition) is 2. The van der Waals surface area contributed by atoms with Crippen LogP contribution in [-0.2, 0) is 0 Å². The summed E-state index contributed by atoms with van der Waals surface area (Å²) < 4.78 is 17.7. The van der Waals surface area contributed by atoms with Crippen molar-refractivity contribution in [1.82, 2.24) is 15.1 Å². The van der Waals surface area contributed by atoms with Gasteiger partial charge in [0.2, 0.25) is 0 Å². The highest BCUT2D eigenvalue weighted by Gasteiger charge is 2.16. The van der Waals surface area contributed by atoms with E-state index >= 15 is 0 Å². The molecule has 0 saturated carbocycles. The van der Waals surface area contributed by atoms with Gasteiger partial charge in [0, 0.05) is 24.4 Å². The van der Waals surface area contributed by atoms with Crippen molar-refractivity contribution in [3.8, 4) is 28.7 Å². The average molecular weight is 473 g/mol. The zero-order valence-corrected chi connectivity index (χ0v) is 19.4. The normalized spacial score (nSPS) is 10.4. The number of amides is 1. The van der Waals surface area contributed by atoms with Crippen LogP contribution in [0.4, 0.5) is 11.4 Å². The predicted molar refractivity (Wildman–Crippen MR) is 133 cm³/mol. The number of ether oxygens (including phenoxy) is 3. The highest BCUT2D eigenvalue weighted by atomic mass is 16.5. The monoisotopic (exact) mass is 472 g/mol. The highest BCUT2D eigenvalue weighted by molar-refractivity contribution is 5.94. The SMILES string of the molecule is CNC(=O)c1ccc(Nc2c(Oc3cccc(OC)c3)cnn(-c3ccc(OC)cc3)c2=O)cc1. The number of carbonyl (C=O) groups excluding carboxylic acids is 1. The molecule has 0 saturated heterocycles. The summed E-state index contributed by atoms with van der Waals surface area (Å²) in [5.41, 5.74) is 1.40. The Labute approximate surface area is 201 Å². The molecule has 2 N–H and O–H groups in total. The summed E-state index contributed by atoms with van der Waals surface area (Å²) in [6, 6.07) is 20.7. The number of anilines is 2. The van der Waals surface area contributed by atoms with Gasteiger partial charge in [-0.25, -0.2) is 0 Å². The molecule has 0 atom stereocenters. The molecule has 1 aromatic heterocycles. The summed E-state index contributed by atoms with van der Waals surface area (Å²) in [5.74, 6) is 1.77. The molecule has 0 aliphatic rings. The zero-order chi connectivity index (χ0) is 24.8. The lowest BCUT2D eigenvalue weighted by Crippen LogP contribution is -2.24. The number of carbonyl (C=O) groups is 1. The molecule has 0 bridgehead atoms. The molecule has 0 fully saturated rings. The second-order valence-electron chi connectivity index (χ2n) is 7.36. The third kappa shape index (κ3) is 5.25. The molecule has 1 amide bonds. The zero-order valence-electron chi connectivity index (χ0n) is 19.4. The minimum absolute atomic E-state index is 0.173. The van der Waals surface area contributed by atoms with Crippen molar-refractivity contribution in [2.45, 2.75) is 0 Å². The summed E-state index contributed by atoms with van der Waals surface area (Å²) in [7, 11) is 4.70. The van der Waals surface area contributed by atoms with Gasteiger partial charge >= 0.3 is 0 Å². The lowest BCUT2D eigenvalue weighted by molar-refractivity contribution is 0.0963. The van der Waals surface area contributed by atoms with E-state index in [1.54, 1.807) is 94.1 Å². The second kappa shape index (κ2) is 10.4. The maximum Gasteiger partial charge on any atom is 0.299 e. The molecule has 9 nitrogen and oxygen atoms in total. The number of methoxy groups -OCH3 is 2. The third-order valence-electron chi connectivity index (χ3n) is 5.17. The first-order chi connectivity index (χ1) is 17.0. The summed E-state index contributed by atoms with van der Waals surface area (Å²) in [4.78, 5) is 25.4. The molecule has 0 aliphatic heterocycles. The summed E-state index contributed by atoms with van der Waals surface area (Å²) in [6.45, 7) is 0. The molecule has 1 heterocycles. The average Bonchev–Trinajstić information content (AvgIpc) is 2.91. The fourth-order valence-corrected chi connectivity index (χ4v) is 3.32. The van der Waals surface area contributed by atoms with Crippen LogP contribution in [0.5, 0.6) is 23.0 Å². The maximum atomic E-state index is 13.5. The highest BCUT2D eigenvalue weighted by Crippen LogP contribution is 2.30. The van der Waals surface area contributed by atoms with Crippen LogP contribution in [0.25, 0.3) is 5.69 Å². The van der Waals surface area contributed by atoms with Gasteiger partial charge in [0.05, 0.1) is 26.1 Å². The van der Waals surface area contributed by atoms with Crippen LogP contribution in [-0.4, -0.2) is 37.0 Å². The van der Waals surface area contributed by atoms with E-state index in [0.29, 0.717) is 34.2 Å². The number of aromatic nitrogens is 2. The molecule has 9 heteroatoms. The Hall–Kier alpha value is -4.79. The van der Waals surface area contributed by atoms with Gasteiger partial charge in [0.15, 0.2) is 11.4 Å². The van der Waals surface area contributed by atoms with Crippen molar-refractivity contribution in [2.24, 2.45) is 0 Å². The number of benzene rings is 3. The molecule has 0 radical (unpaired) electrons. The Bertz CT molecular complexity index is 1380. The van der Waals surface area contributed by atoms with Crippen LogP contribution >= 0.6 is 0 Å². The van der Waals surface area contributed by atoms with Gasteiger partial charge in [-0.3, -0.25) is 9.59 Å². The van der Waals surface area contributed by atoms with E-state index in [2.05, 4.69) is 15.7 Å². The Morgan fingerprint density at radius 2 is 1.57 bits per heavy atom. The van der Waals surface area contributed by atoms with E-state index in [0.717, 1.165) is 0 Å². The van der Waals surface area contributed by atoms with Gasteiger partial charge in [-0.1, -0.05) is 6.07 Å². The van der Waals surface area contributed by atoms with Gasteiger partial charge in [0.25, 0.3) is 11.5 Å². The van der Waals surface area contributed by atoms with Crippen molar-refractivity contribution in [3.05, 3.63) is 94.9 Å². The van der Waals surface area contributed by atoms with Crippen LogP contribution in [0.3, 0.4) is 0 Å². The Morgan fingerprint density at radius 3 is 2.23 bits per heavy atom. The van der Waals surface area contributed by atoms with Crippen LogP contribution in [0.15, 0.2) is 83.8 Å². The molecule has 0 aliphatic carbocycles. The number of nitrogens with zero attached hydrogens (tertiary/aromatic N) is 2. The van der Waals surface area contributed by atoms with Crippen LogP contribution in [0, 0.1) is 0 Å². The Balaban J connectivity index is 1.75. The fourth-order valence-electron chi connectivity index (χ4n) is 3.32. The summed E-state index contributed by atoms with van der Waals surface area (Å²) in [5, 5.41) is 10.0. The smallest absolute Gasteiger partial charge is 0.299 e. The maximum absolute atomic E-state index is 13.5. The van der Waals surface area contributed by atoms with Crippen molar-refractivity contribution in [2.75, 3.05) is 26.6 Å². The Morgan fingerprint density at radius 1 is 0.886 bits per heavy atom. The lowest BCUT2D eigenvalue weighted by atomic mass is 10.2. The summed E-state index contributed by atoms with van der Waals surface area (Å²) >= 11 is 0. The van der Waals surface area contributed by atoms with Crippen molar-refractivity contribution >= 4 is 17.3 Å².